The largest absolute Gasteiger partial charge is 0.874 e. The molecule has 1 aliphatic rings. The van der Waals surface area contributed by atoms with Crippen LogP contribution in [0.3, 0.4) is 0 Å². The molecule has 0 atom stereocenters. The van der Waals surface area contributed by atoms with Crippen LogP contribution >= 0.6 is 0 Å². The van der Waals surface area contributed by atoms with Gasteiger partial charge in [0, 0.05) is 30.4 Å². The highest BCUT2D eigenvalue weighted by Crippen LogP contribution is 2.39. The number of nitrogens with zero attached hydrogens (tertiary/aromatic N) is 3. The highest BCUT2D eigenvalue weighted by Gasteiger charge is 2.25. The minimum atomic E-state index is -0.0998. The fourth-order valence-electron chi connectivity index (χ4n) is 2.80. The van der Waals surface area contributed by atoms with Crippen LogP contribution in [-0.4, -0.2) is 26.7 Å². The second kappa shape index (κ2) is 7.96. The van der Waals surface area contributed by atoms with Crippen LogP contribution in [0.25, 0.3) is 5.57 Å². The lowest BCUT2D eigenvalue weighted by Crippen LogP contribution is -2.16. The topological polar surface area (TPSA) is 102 Å². The lowest BCUT2D eigenvalue weighted by Gasteiger charge is -2.14. The number of hydrogen-bond donors (Lipinski definition) is 3. The first-order chi connectivity index (χ1) is 13.7. The Hall–Kier alpha value is -3.61. The van der Waals surface area contributed by atoms with Gasteiger partial charge in [0.05, 0.1) is 0 Å². The summed E-state index contributed by atoms with van der Waals surface area (Å²) in [5.74, 6) is 2.21. The van der Waals surface area contributed by atoms with Gasteiger partial charge in [-0.25, -0.2) is 4.98 Å². The number of nitrogens with one attached hydrogen (secondary N) is 3. The van der Waals surface area contributed by atoms with E-state index in [1.54, 1.807) is 12.3 Å². The molecule has 1 fully saturated rings. The monoisotopic (exact) mass is 373 g/mol. The van der Waals surface area contributed by atoms with Gasteiger partial charge in [-0.3, -0.25) is 5.10 Å². The number of rotatable bonds is 8. The molecule has 2 heterocycles. The van der Waals surface area contributed by atoms with E-state index in [9.17, 15) is 5.11 Å². The maximum Gasteiger partial charge on any atom is 0.224 e. The third kappa shape index (κ3) is 4.56. The molecule has 1 saturated carbocycles. The normalized spacial score (nSPS) is 13.9. The van der Waals surface area contributed by atoms with E-state index in [-0.39, 0.29) is 12.3 Å². The predicted octanol–water partition coefficient (Wildman–Crippen LogP) is 3.19. The van der Waals surface area contributed by atoms with Gasteiger partial charge >= 0.3 is 0 Å². The molecule has 28 heavy (non-hydrogen) atoms. The zero-order chi connectivity index (χ0) is 19.3. The van der Waals surface area contributed by atoms with Crippen LogP contribution in [0, 0.1) is 0 Å². The Morgan fingerprint density at radius 2 is 2.04 bits per heavy atom. The third-order valence-electron chi connectivity index (χ3n) is 4.43. The minimum Gasteiger partial charge on any atom is -0.874 e. The first-order valence-corrected chi connectivity index (χ1v) is 9.18. The summed E-state index contributed by atoms with van der Waals surface area (Å²) in [4.78, 5) is 8.53. The van der Waals surface area contributed by atoms with Crippen LogP contribution in [0.4, 0.5) is 17.6 Å². The summed E-state index contributed by atoms with van der Waals surface area (Å²) in [6, 6.07) is 13.3. The average Bonchev–Trinajstić information content (AvgIpc) is 3.47. The molecule has 0 unspecified atom stereocenters. The van der Waals surface area contributed by atoms with Gasteiger partial charge in [-0.1, -0.05) is 43.0 Å². The molecule has 7 nitrogen and oxygen atoms in total. The molecule has 3 aromatic rings. The molecule has 142 valence electrons. The summed E-state index contributed by atoms with van der Waals surface area (Å²) in [5, 5.41) is 25.6. The maximum atomic E-state index is 12.2. The molecule has 0 spiro atoms. The van der Waals surface area contributed by atoms with Crippen LogP contribution in [0.15, 0.2) is 67.1 Å². The summed E-state index contributed by atoms with van der Waals surface area (Å²) < 4.78 is 0. The Morgan fingerprint density at radius 1 is 1.21 bits per heavy atom. The highest BCUT2D eigenvalue weighted by atomic mass is 16.3. The summed E-state index contributed by atoms with van der Waals surface area (Å²) >= 11 is 0. The Kier molecular flexibility index (Phi) is 5.05. The van der Waals surface area contributed by atoms with Crippen molar-refractivity contribution in [2.75, 3.05) is 17.2 Å². The quantitative estimate of drug-likeness (QED) is 0.414. The number of allylic oxidation sites excluding steroid dienone is 2. The zero-order valence-electron chi connectivity index (χ0n) is 15.4. The van der Waals surface area contributed by atoms with Crippen LogP contribution in [0.5, 0.6) is 0 Å². The smallest absolute Gasteiger partial charge is 0.224 e. The van der Waals surface area contributed by atoms with Crippen molar-refractivity contribution >= 4 is 23.2 Å². The molecule has 2 aromatic heterocycles. The summed E-state index contributed by atoms with van der Waals surface area (Å²) in [6.45, 7) is 4.03. The number of H-pyrrole nitrogens is 1. The van der Waals surface area contributed by atoms with Gasteiger partial charge in [-0.05, 0) is 30.0 Å². The summed E-state index contributed by atoms with van der Waals surface area (Å²) in [6.07, 6.45) is 5.58. The van der Waals surface area contributed by atoms with Crippen molar-refractivity contribution in [3.05, 3.63) is 78.3 Å². The Bertz CT molecular complexity index is 991. The molecule has 0 saturated heterocycles. The van der Waals surface area contributed by atoms with Crippen molar-refractivity contribution in [1.82, 2.24) is 20.2 Å². The van der Waals surface area contributed by atoms with E-state index in [2.05, 4.69) is 37.4 Å². The van der Waals surface area contributed by atoms with Gasteiger partial charge in [-0.15, -0.1) is 5.76 Å². The van der Waals surface area contributed by atoms with Crippen LogP contribution in [0.1, 0.15) is 30.0 Å². The lowest BCUT2D eigenvalue weighted by atomic mass is 10.1. The minimum absolute atomic E-state index is 0.0868. The molecular weight excluding hydrogens is 352 g/mol. The molecule has 7 heteroatoms. The van der Waals surface area contributed by atoms with Crippen molar-refractivity contribution in [1.29, 1.82) is 0 Å². The fourth-order valence-corrected chi connectivity index (χ4v) is 2.80. The van der Waals surface area contributed by atoms with Gasteiger partial charge in [-0.2, -0.15) is 10.1 Å². The van der Waals surface area contributed by atoms with Crippen LogP contribution in [0.2, 0.25) is 0 Å². The van der Waals surface area contributed by atoms with Crippen LogP contribution in [-0.2, 0) is 0 Å². The first kappa shape index (κ1) is 17.8. The molecule has 1 aromatic carbocycles. The Labute approximate surface area is 163 Å². The molecule has 0 radical (unpaired) electrons. The van der Waals surface area contributed by atoms with E-state index in [1.807, 2.05) is 36.4 Å². The third-order valence-corrected chi connectivity index (χ3v) is 4.43. The molecule has 1 aliphatic carbocycles. The summed E-state index contributed by atoms with van der Waals surface area (Å²) in [7, 11) is 0. The number of anilines is 3. The second-order valence-electron chi connectivity index (χ2n) is 6.73. The van der Waals surface area contributed by atoms with Crippen molar-refractivity contribution in [2.24, 2.45) is 0 Å². The standard InChI is InChI=1S/C21H22N6O/c1-14(15-5-3-2-4-6-15)11-17(28)13-23-21-22-10-9-19(25-21)24-20-12-18(26-27-20)16-7-8-16/h2-6,9-12,16,28H,1,7-8,13H2,(H3,22,23,24,25,26,27)/p-1/b17-11-. The fraction of sp³-hybridized carbons (Fsp3) is 0.190. The average molecular weight is 373 g/mol. The number of aromatic nitrogens is 4. The zero-order valence-corrected chi connectivity index (χ0v) is 15.4. The Balaban J connectivity index is 1.35. The predicted molar refractivity (Wildman–Crippen MR) is 108 cm³/mol. The van der Waals surface area contributed by atoms with E-state index >= 15 is 0 Å². The molecule has 3 N–H and O–H groups in total. The second-order valence-corrected chi connectivity index (χ2v) is 6.73. The highest BCUT2D eigenvalue weighted by molar-refractivity contribution is 5.72. The van der Waals surface area contributed by atoms with Gasteiger partial charge in [0.1, 0.15) is 5.82 Å². The number of benzene rings is 1. The van der Waals surface area contributed by atoms with Crippen molar-refractivity contribution in [2.45, 2.75) is 18.8 Å². The van der Waals surface area contributed by atoms with Crippen LogP contribution < -0.4 is 15.7 Å². The number of hydrogen-bond acceptors (Lipinski definition) is 6. The molecular formula is C21H21N6O-. The summed E-state index contributed by atoms with van der Waals surface area (Å²) in [5.41, 5.74) is 2.74. The molecule has 0 aliphatic heterocycles. The maximum absolute atomic E-state index is 12.2. The van der Waals surface area contributed by atoms with E-state index in [1.165, 1.54) is 18.9 Å². The van der Waals surface area contributed by atoms with Gasteiger partial charge < -0.3 is 15.7 Å². The van der Waals surface area contributed by atoms with Gasteiger partial charge in [0.15, 0.2) is 5.82 Å². The van der Waals surface area contributed by atoms with E-state index in [0.717, 1.165) is 17.1 Å². The van der Waals surface area contributed by atoms with E-state index in [0.29, 0.717) is 23.3 Å². The first-order valence-electron chi connectivity index (χ1n) is 9.18. The Morgan fingerprint density at radius 3 is 2.82 bits per heavy atom. The SMILES string of the molecule is C=C(/C=C(\[O-])CNc1nccc(Nc2cc(C3CC3)[nH]n2)n1)c1ccccc1. The lowest BCUT2D eigenvalue weighted by molar-refractivity contribution is -0.302. The van der Waals surface area contributed by atoms with E-state index < -0.39 is 0 Å². The van der Waals surface area contributed by atoms with Crippen molar-refractivity contribution < 1.29 is 5.11 Å². The van der Waals surface area contributed by atoms with E-state index in [4.69, 9.17) is 0 Å². The van der Waals surface area contributed by atoms with Crippen molar-refractivity contribution in [3.63, 3.8) is 0 Å². The van der Waals surface area contributed by atoms with Crippen molar-refractivity contribution in [3.8, 4) is 0 Å². The molecule has 0 bridgehead atoms. The van der Waals surface area contributed by atoms with Gasteiger partial charge in [0.25, 0.3) is 0 Å². The number of aromatic amines is 1. The van der Waals surface area contributed by atoms with Gasteiger partial charge in [0.2, 0.25) is 5.95 Å². The molecule has 4 rings (SSSR count). The molecule has 0 amide bonds.